The van der Waals surface area contributed by atoms with E-state index in [4.69, 9.17) is 4.98 Å². The monoisotopic (exact) mass is 565 g/mol. The number of aryl methyl sites for hydroxylation is 4. The van der Waals surface area contributed by atoms with Gasteiger partial charge < -0.3 is 9.88 Å². The molecule has 43 heavy (non-hydrogen) atoms. The lowest BCUT2D eigenvalue weighted by Gasteiger charge is -2.28. The van der Waals surface area contributed by atoms with Crippen LogP contribution >= 0.6 is 0 Å². The number of benzene rings is 5. The molecular weight excluding hydrogens is 522 g/mol. The van der Waals surface area contributed by atoms with Crippen LogP contribution in [-0.2, 0) is 7.05 Å². The lowest BCUT2D eigenvalue weighted by atomic mass is 9.89. The van der Waals surface area contributed by atoms with E-state index < -0.39 is 0 Å². The molecule has 0 aliphatic rings. The SMILES string of the molecule is Cc1cc(C)c(C(Nc2c(C(C)C)cccc2C(C)C)c2nc3c(-c4cccc5ccccc45)cccc3n2C)c(C)c1. The molecular formula is C40H43N3. The molecule has 218 valence electrons. The topological polar surface area (TPSA) is 29.9 Å². The lowest BCUT2D eigenvalue weighted by Crippen LogP contribution is -2.21. The number of hydrogen-bond donors (Lipinski definition) is 1. The maximum Gasteiger partial charge on any atom is 0.136 e. The third kappa shape index (κ3) is 5.12. The van der Waals surface area contributed by atoms with E-state index in [1.54, 1.807) is 0 Å². The van der Waals surface area contributed by atoms with Crippen molar-refractivity contribution in [3.05, 3.63) is 130 Å². The summed E-state index contributed by atoms with van der Waals surface area (Å²) in [6, 6.07) is 33.0. The highest BCUT2D eigenvalue weighted by Crippen LogP contribution is 2.40. The van der Waals surface area contributed by atoms with Crippen LogP contribution in [0.5, 0.6) is 0 Å². The molecule has 6 aromatic rings. The molecule has 0 fully saturated rings. The predicted octanol–water partition coefficient (Wildman–Crippen LogP) is 10.8. The predicted molar refractivity (Wildman–Crippen MR) is 184 cm³/mol. The Labute approximate surface area is 256 Å². The van der Waals surface area contributed by atoms with Crippen molar-refractivity contribution in [1.82, 2.24) is 9.55 Å². The number of nitrogens with one attached hydrogen (secondary N) is 1. The zero-order chi connectivity index (χ0) is 30.4. The Morgan fingerprint density at radius 2 is 1.26 bits per heavy atom. The Balaban J connectivity index is 1.62. The standard InChI is InChI=1S/C40H43N3/c1-24(2)30-17-12-18-31(25(3)4)37(30)41-39(36-27(6)22-26(5)23-28(36)7)40-42-38-34(20-13-21-35(38)43(40)8)33-19-11-15-29-14-9-10-16-32(29)33/h9-25,39,41H,1-8H3. The number of para-hydroxylation sites is 2. The number of anilines is 1. The van der Waals surface area contributed by atoms with Gasteiger partial charge in [0.05, 0.1) is 11.0 Å². The van der Waals surface area contributed by atoms with Crippen molar-refractivity contribution in [3.8, 4) is 11.1 Å². The van der Waals surface area contributed by atoms with Gasteiger partial charge in [0.1, 0.15) is 11.9 Å². The molecule has 0 saturated carbocycles. The highest BCUT2D eigenvalue weighted by atomic mass is 15.1. The molecule has 0 spiro atoms. The van der Waals surface area contributed by atoms with Gasteiger partial charge in [-0.3, -0.25) is 0 Å². The summed E-state index contributed by atoms with van der Waals surface area (Å²) in [5, 5.41) is 6.61. The average molecular weight is 566 g/mol. The van der Waals surface area contributed by atoms with Gasteiger partial charge in [-0.15, -0.1) is 0 Å². The third-order valence-electron chi connectivity index (χ3n) is 8.97. The van der Waals surface area contributed by atoms with Crippen LogP contribution in [0.4, 0.5) is 5.69 Å². The molecule has 0 aliphatic heterocycles. The van der Waals surface area contributed by atoms with E-state index >= 15 is 0 Å². The van der Waals surface area contributed by atoms with Crippen LogP contribution in [0.2, 0.25) is 0 Å². The quantitative estimate of drug-likeness (QED) is 0.209. The van der Waals surface area contributed by atoms with Crippen molar-refractivity contribution in [2.24, 2.45) is 7.05 Å². The summed E-state index contributed by atoms with van der Waals surface area (Å²) in [6.07, 6.45) is 0. The van der Waals surface area contributed by atoms with E-state index in [1.165, 1.54) is 55.4 Å². The van der Waals surface area contributed by atoms with Crippen LogP contribution in [-0.4, -0.2) is 9.55 Å². The molecule has 3 heteroatoms. The Bertz CT molecular complexity index is 1900. The molecule has 0 saturated heterocycles. The molecule has 1 atom stereocenters. The van der Waals surface area contributed by atoms with Gasteiger partial charge in [-0.1, -0.05) is 118 Å². The van der Waals surface area contributed by atoms with Crippen molar-refractivity contribution < 1.29 is 0 Å². The lowest BCUT2D eigenvalue weighted by molar-refractivity contribution is 0.745. The first kappa shape index (κ1) is 28.7. The molecule has 1 unspecified atom stereocenters. The molecule has 1 N–H and O–H groups in total. The number of aromatic nitrogens is 2. The van der Waals surface area contributed by atoms with Crippen LogP contribution in [0.25, 0.3) is 32.9 Å². The molecule has 1 aromatic heterocycles. The van der Waals surface area contributed by atoms with Crippen molar-refractivity contribution in [1.29, 1.82) is 0 Å². The number of fused-ring (bicyclic) bond motifs is 2. The summed E-state index contributed by atoms with van der Waals surface area (Å²) >= 11 is 0. The molecule has 3 nitrogen and oxygen atoms in total. The van der Waals surface area contributed by atoms with E-state index in [2.05, 4.69) is 156 Å². The first-order chi connectivity index (χ1) is 20.7. The summed E-state index contributed by atoms with van der Waals surface area (Å²) in [5.74, 6) is 1.80. The number of imidazole rings is 1. The minimum Gasteiger partial charge on any atom is -0.371 e. The van der Waals surface area contributed by atoms with Gasteiger partial charge in [0.25, 0.3) is 0 Å². The Kier molecular flexibility index (Phi) is 7.60. The molecule has 1 heterocycles. The van der Waals surface area contributed by atoms with Crippen LogP contribution in [0.3, 0.4) is 0 Å². The van der Waals surface area contributed by atoms with Gasteiger partial charge in [-0.25, -0.2) is 4.98 Å². The van der Waals surface area contributed by atoms with E-state index in [1.807, 2.05) is 0 Å². The van der Waals surface area contributed by atoms with Crippen LogP contribution in [0, 0.1) is 20.8 Å². The first-order valence-electron chi connectivity index (χ1n) is 15.6. The second kappa shape index (κ2) is 11.4. The van der Waals surface area contributed by atoms with Gasteiger partial charge in [0.15, 0.2) is 0 Å². The fraction of sp³-hybridized carbons (Fsp3) is 0.275. The molecule has 0 radical (unpaired) electrons. The molecule has 0 amide bonds. The van der Waals surface area contributed by atoms with Crippen LogP contribution in [0.15, 0.2) is 91.0 Å². The third-order valence-corrected chi connectivity index (χ3v) is 8.97. The first-order valence-corrected chi connectivity index (χ1v) is 15.6. The summed E-state index contributed by atoms with van der Waals surface area (Å²) in [7, 11) is 2.17. The maximum atomic E-state index is 5.52. The van der Waals surface area contributed by atoms with Crippen molar-refractivity contribution >= 4 is 27.5 Å². The average Bonchev–Trinajstić information content (AvgIpc) is 3.31. The minimum absolute atomic E-state index is 0.129. The molecule has 0 aliphatic carbocycles. The number of rotatable bonds is 7. The fourth-order valence-electron chi connectivity index (χ4n) is 6.94. The molecule has 0 bridgehead atoms. The highest BCUT2D eigenvalue weighted by Gasteiger charge is 2.27. The van der Waals surface area contributed by atoms with Crippen LogP contribution < -0.4 is 5.32 Å². The second-order valence-electron chi connectivity index (χ2n) is 12.7. The van der Waals surface area contributed by atoms with Crippen molar-refractivity contribution in [3.63, 3.8) is 0 Å². The van der Waals surface area contributed by atoms with Gasteiger partial charge in [0, 0.05) is 18.3 Å². The summed E-state index contributed by atoms with van der Waals surface area (Å²) < 4.78 is 2.30. The summed E-state index contributed by atoms with van der Waals surface area (Å²) in [4.78, 5) is 5.52. The van der Waals surface area contributed by atoms with Gasteiger partial charge in [0.2, 0.25) is 0 Å². The second-order valence-corrected chi connectivity index (χ2v) is 12.7. The highest BCUT2D eigenvalue weighted by molar-refractivity contribution is 6.03. The van der Waals surface area contributed by atoms with E-state index in [9.17, 15) is 0 Å². The zero-order valence-corrected chi connectivity index (χ0v) is 26.8. The number of nitrogens with zero attached hydrogens (tertiary/aromatic N) is 2. The van der Waals surface area contributed by atoms with Crippen molar-refractivity contribution in [2.45, 2.75) is 66.3 Å². The van der Waals surface area contributed by atoms with Gasteiger partial charge in [-0.05, 0) is 82.8 Å². The van der Waals surface area contributed by atoms with Gasteiger partial charge in [-0.2, -0.15) is 0 Å². The number of hydrogen-bond acceptors (Lipinski definition) is 2. The summed E-state index contributed by atoms with van der Waals surface area (Å²) in [5.41, 5.74) is 13.6. The van der Waals surface area contributed by atoms with E-state index in [-0.39, 0.29) is 6.04 Å². The van der Waals surface area contributed by atoms with E-state index in [0.29, 0.717) is 11.8 Å². The Morgan fingerprint density at radius 1 is 0.674 bits per heavy atom. The molecule has 5 aromatic carbocycles. The minimum atomic E-state index is -0.129. The zero-order valence-electron chi connectivity index (χ0n) is 26.8. The summed E-state index contributed by atoms with van der Waals surface area (Å²) in [6.45, 7) is 15.8. The molecule has 6 rings (SSSR count). The maximum absolute atomic E-state index is 5.52. The Morgan fingerprint density at radius 3 is 1.93 bits per heavy atom. The largest absolute Gasteiger partial charge is 0.371 e. The van der Waals surface area contributed by atoms with E-state index in [0.717, 1.165) is 22.4 Å². The Hall–Kier alpha value is -4.37. The smallest absolute Gasteiger partial charge is 0.136 e. The van der Waals surface area contributed by atoms with Crippen LogP contribution in [0.1, 0.15) is 84.8 Å². The normalized spacial score (nSPS) is 12.5. The van der Waals surface area contributed by atoms with Crippen molar-refractivity contribution in [2.75, 3.05) is 5.32 Å². The fourth-order valence-corrected chi connectivity index (χ4v) is 6.94. The van der Waals surface area contributed by atoms with Gasteiger partial charge >= 0.3 is 0 Å².